The second kappa shape index (κ2) is 7.85. The second-order valence-electron chi connectivity index (χ2n) is 5.54. The van der Waals surface area contributed by atoms with Crippen LogP contribution < -0.4 is 10.1 Å². The third kappa shape index (κ3) is 3.67. The molecule has 1 atom stereocenters. The van der Waals surface area contributed by atoms with Crippen LogP contribution in [0.25, 0.3) is 10.8 Å². The van der Waals surface area contributed by atoms with Crippen molar-refractivity contribution in [2.45, 2.75) is 13.0 Å². The van der Waals surface area contributed by atoms with Crippen LogP contribution in [0.4, 0.5) is 0 Å². The fourth-order valence-electron chi connectivity index (χ4n) is 2.81. The Morgan fingerprint density at radius 2 is 2.00 bits per heavy atom. The van der Waals surface area contributed by atoms with Gasteiger partial charge in [-0.1, -0.05) is 30.3 Å². The quantitative estimate of drug-likeness (QED) is 0.708. The van der Waals surface area contributed by atoms with Crippen molar-refractivity contribution in [1.29, 1.82) is 0 Å². The molecule has 0 aliphatic carbocycles. The van der Waals surface area contributed by atoms with Crippen molar-refractivity contribution in [3.63, 3.8) is 0 Å². The van der Waals surface area contributed by atoms with Crippen molar-refractivity contribution in [1.82, 2.24) is 5.32 Å². The molecule has 0 saturated carbocycles. The lowest BCUT2D eigenvalue weighted by Gasteiger charge is -2.16. The molecule has 3 rings (SSSR count). The van der Waals surface area contributed by atoms with Crippen molar-refractivity contribution in [2.75, 3.05) is 20.3 Å². The number of rotatable bonds is 7. The molecule has 0 spiro atoms. The minimum absolute atomic E-state index is 0.200. The topological polar surface area (TPSA) is 60.7 Å². The van der Waals surface area contributed by atoms with Gasteiger partial charge in [0.05, 0.1) is 25.0 Å². The van der Waals surface area contributed by atoms with E-state index in [-0.39, 0.29) is 12.0 Å². The highest BCUT2D eigenvalue weighted by Crippen LogP contribution is 2.28. The van der Waals surface area contributed by atoms with Crippen molar-refractivity contribution < 1.29 is 18.7 Å². The number of hydrogen-bond donors (Lipinski definition) is 1. The maximum absolute atomic E-state index is 12.9. The Hall–Kier alpha value is -2.79. The first kappa shape index (κ1) is 17.0. The summed E-state index contributed by atoms with van der Waals surface area (Å²) in [6, 6.07) is 15.2. The molecule has 2 aromatic carbocycles. The number of furan rings is 1. The summed E-state index contributed by atoms with van der Waals surface area (Å²) in [7, 11) is 1.59. The molecule has 5 heteroatoms. The van der Waals surface area contributed by atoms with Crippen LogP contribution >= 0.6 is 0 Å². The number of ether oxygens (including phenoxy) is 2. The highest BCUT2D eigenvalue weighted by molar-refractivity contribution is 6.09. The van der Waals surface area contributed by atoms with Crippen LogP contribution in [-0.2, 0) is 4.74 Å². The fourth-order valence-corrected chi connectivity index (χ4v) is 2.81. The van der Waals surface area contributed by atoms with Crippen LogP contribution in [0.5, 0.6) is 5.75 Å². The van der Waals surface area contributed by atoms with Crippen LogP contribution in [-0.4, -0.2) is 26.2 Å². The van der Waals surface area contributed by atoms with Crippen LogP contribution in [0, 0.1) is 0 Å². The van der Waals surface area contributed by atoms with Crippen LogP contribution in [0.3, 0.4) is 0 Å². The Morgan fingerprint density at radius 1 is 1.16 bits per heavy atom. The molecule has 0 saturated heterocycles. The molecule has 1 heterocycles. The first-order valence-corrected chi connectivity index (χ1v) is 8.23. The molecule has 130 valence electrons. The molecule has 0 fully saturated rings. The lowest BCUT2D eigenvalue weighted by molar-refractivity contribution is 0.0737. The Bertz CT molecular complexity index is 842. The Balaban J connectivity index is 1.86. The number of hydrogen-bond acceptors (Lipinski definition) is 4. The predicted molar refractivity (Wildman–Crippen MR) is 95.9 cm³/mol. The van der Waals surface area contributed by atoms with E-state index in [0.717, 1.165) is 10.8 Å². The maximum atomic E-state index is 12.9. The van der Waals surface area contributed by atoms with Gasteiger partial charge >= 0.3 is 0 Å². The Kier molecular flexibility index (Phi) is 5.36. The normalized spacial score (nSPS) is 12.1. The summed E-state index contributed by atoms with van der Waals surface area (Å²) in [5, 5.41) is 4.78. The summed E-state index contributed by atoms with van der Waals surface area (Å²) in [6.45, 7) is 2.69. The molecule has 1 amide bonds. The van der Waals surface area contributed by atoms with Crippen molar-refractivity contribution in [3.05, 3.63) is 66.1 Å². The number of carbonyl (C=O) groups is 1. The summed E-state index contributed by atoms with van der Waals surface area (Å²) >= 11 is 0. The minimum atomic E-state index is -0.343. The Labute approximate surface area is 146 Å². The summed E-state index contributed by atoms with van der Waals surface area (Å²) in [5.74, 6) is 1.05. The third-order valence-electron chi connectivity index (χ3n) is 4.01. The molecule has 1 aromatic heterocycles. The van der Waals surface area contributed by atoms with Gasteiger partial charge in [-0.25, -0.2) is 0 Å². The van der Waals surface area contributed by atoms with E-state index in [4.69, 9.17) is 13.9 Å². The molecule has 25 heavy (non-hydrogen) atoms. The van der Waals surface area contributed by atoms with E-state index in [1.165, 1.54) is 0 Å². The standard InChI is InChI=1S/C20H21NO4/c1-3-24-17-11-10-14-7-4-5-8-15(14)19(17)20(22)21-13-18(23-2)16-9-6-12-25-16/h4-12,18H,3,13H2,1-2H3,(H,21,22)/t18-/m1/s1. The highest BCUT2D eigenvalue weighted by Gasteiger charge is 2.19. The van der Waals surface area contributed by atoms with Crippen molar-refractivity contribution in [3.8, 4) is 5.75 Å². The smallest absolute Gasteiger partial charge is 0.255 e. The SMILES string of the molecule is CCOc1ccc2ccccc2c1C(=O)NC[C@@H](OC)c1ccco1. The largest absolute Gasteiger partial charge is 0.493 e. The predicted octanol–water partition coefficient (Wildman–Crippen LogP) is 3.95. The summed E-state index contributed by atoms with van der Waals surface area (Å²) in [4.78, 5) is 12.9. The summed E-state index contributed by atoms with van der Waals surface area (Å²) < 4.78 is 16.4. The zero-order valence-electron chi connectivity index (χ0n) is 14.3. The second-order valence-corrected chi connectivity index (χ2v) is 5.54. The summed E-state index contributed by atoms with van der Waals surface area (Å²) in [6.07, 6.45) is 1.24. The Morgan fingerprint density at radius 3 is 2.72 bits per heavy atom. The first-order chi connectivity index (χ1) is 12.2. The van der Waals surface area contributed by atoms with Crippen molar-refractivity contribution >= 4 is 16.7 Å². The van der Waals surface area contributed by atoms with Gasteiger partial charge in [0.1, 0.15) is 17.6 Å². The van der Waals surface area contributed by atoms with Gasteiger partial charge in [-0.3, -0.25) is 4.79 Å². The maximum Gasteiger partial charge on any atom is 0.255 e. The van der Waals surface area contributed by atoms with Gasteiger partial charge in [0.15, 0.2) is 0 Å². The number of methoxy groups -OCH3 is 1. The molecule has 0 radical (unpaired) electrons. The molecular weight excluding hydrogens is 318 g/mol. The van der Waals surface area contributed by atoms with E-state index in [9.17, 15) is 4.79 Å². The molecule has 0 aliphatic heterocycles. The molecule has 0 unspecified atom stereocenters. The average Bonchev–Trinajstić information content (AvgIpc) is 3.16. The van der Waals surface area contributed by atoms with Gasteiger partial charge in [0, 0.05) is 7.11 Å². The molecule has 1 N–H and O–H groups in total. The van der Waals surface area contributed by atoms with E-state index < -0.39 is 0 Å². The van der Waals surface area contributed by atoms with Gasteiger partial charge < -0.3 is 19.2 Å². The lowest BCUT2D eigenvalue weighted by atomic mass is 10.0. The summed E-state index contributed by atoms with van der Waals surface area (Å²) in [5.41, 5.74) is 0.536. The first-order valence-electron chi connectivity index (χ1n) is 8.23. The van der Waals surface area contributed by atoms with E-state index in [1.54, 1.807) is 19.4 Å². The van der Waals surface area contributed by atoms with Gasteiger partial charge in [-0.15, -0.1) is 0 Å². The highest BCUT2D eigenvalue weighted by atomic mass is 16.5. The van der Waals surface area contributed by atoms with E-state index in [0.29, 0.717) is 30.2 Å². The molecular formula is C20H21NO4. The zero-order chi connectivity index (χ0) is 17.6. The molecule has 0 aliphatic rings. The van der Waals surface area contributed by atoms with Crippen LogP contribution in [0.2, 0.25) is 0 Å². The lowest BCUT2D eigenvalue weighted by Crippen LogP contribution is -2.29. The minimum Gasteiger partial charge on any atom is -0.493 e. The zero-order valence-corrected chi connectivity index (χ0v) is 14.3. The van der Waals surface area contributed by atoms with Crippen molar-refractivity contribution in [2.24, 2.45) is 0 Å². The molecule has 0 bridgehead atoms. The van der Waals surface area contributed by atoms with Gasteiger partial charge in [0.25, 0.3) is 5.91 Å². The number of nitrogens with one attached hydrogen (secondary N) is 1. The number of amides is 1. The third-order valence-corrected chi connectivity index (χ3v) is 4.01. The van der Waals surface area contributed by atoms with E-state index in [2.05, 4.69) is 5.32 Å². The van der Waals surface area contributed by atoms with E-state index in [1.807, 2.05) is 49.4 Å². The molecule has 3 aromatic rings. The average molecular weight is 339 g/mol. The van der Waals surface area contributed by atoms with Gasteiger partial charge in [0.2, 0.25) is 0 Å². The monoisotopic (exact) mass is 339 g/mol. The van der Waals surface area contributed by atoms with E-state index >= 15 is 0 Å². The number of benzene rings is 2. The number of carbonyl (C=O) groups excluding carboxylic acids is 1. The molecule has 5 nitrogen and oxygen atoms in total. The fraction of sp³-hybridized carbons (Fsp3) is 0.250. The van der Waals surface area contributed by atoms with Gasteiger partial charge in [-0.2, -0.15) is 0 Å². The van der Waals surface area contributed by atoms with Crippen LogP contribution in [0.15, 0.2) is 59.2 Å². The van der Waals surface area contributed by atoms with Crippen LogP contribution in [0.1, 0.15) is 29.1 Å². The van der Waals surface area contributed by atoms with Gasteiger partial charge in [-0.05, 0) is 35.9 Å². The number of fused-ring (bicyclic) bond motifs is 1.